The van der Waals surface area contributed by atoms with Crippen molar-refractivity contribution in [2.75, 3.05) is 20.2 Å². The lowest BCUT2D eigenvalue weighted by Crippen LogP contribution is -2.43. The lowest BCUT2D eigenvalue weighted by Gasteiger charge is -2.31. The molecule has 1 aliphatic rings. The average Bonchev–Trinajstić information content (AvgIpc) is 2.83. The first-order valence-electron chi connectivity index (χ1n) is 10.3. The Balaban J connectivity index is 1.51. The third kappa shape index (κ3) is 4.25. The normalized spacial score (nSPS) is 15.9. The summed E-state index contributed by atoms with van der Waals surface area (Å²) in [7, 11) is 1.40. The van der Waals surface area contributed by atoms with Crippen LogP contribution in [0.4, 0.5) is 5.69 Å². The number of carbonyl (C=O) groups excluding carboxylic acids is 2. The summed E-state index contributed by atoms with van der Waals surface area (Å²) in [5.74, 6) is -1.15. The van der Waals surface area contributed by atoms with Crippen LogP contribution in [0.1, 0.15) is 23.2 Å². The van der Waals surface area contributed by atoms with E-state index >= 15 is 0 Å². The molecule has 1 aliphatic heterocycles. The van der Waals surface area contributed by atoms with Crippen molar-refractivity contribution in [2.24, 2.45) is 5.92 Å². The second kappa shape index (κ2) is 9.05. The Morgan fingerprint density at radius 2 is 1.88 bits per heavy atom. The van der Waals surface area contributed by atoms with Crippen LogP contribution in [0.15, 0.2) is 60.7 Å². The van der Waals surface area contributed by atoms with E-state index in [1.165, 1.54) is 25.3 Å². The van der Waals surface area contributed by atoms with Gasteiger partial charge in [0.1, 0.15) is 5.75 Å². The van der Waals surface area contributed by atoms with E-state index in [0.717, 1.165) is 10.8 Å². The quantitative estimate of drug-likeness (QED) is 0.258. The van der Waals surface area contributed by atoms with Crippen LogP contribution in [0.2, 0.25) is 0 Å². The number of likely N-dealkylation sites (tertiary alicyclic amines) is 1. The molecule has 1 saturated heterocycles. The summed E-state index contributed by atoms with van der Waals surface area (Å²) < 4.78 is 10.4. The van der Waals surface area contributed by atoms with E-state index in [0.29, 0.717) is 30.7 Å². The second-order valence-corrected chi connectivity index (χ2v) is 7.63. The number of nitro groups is 1. The molecular formula is C24H22N2O6. The third-order valence-corrected chi connectivity index (χ3v) is 5.64. The van der Waals surface area contributed by atoms with Gasteiger partial charge in [-0.2, -0.15) is 0 Å². The summed E-state index contributed by atoms with van der Waals surface area (Å²) in [5.41, 5.74) is 0.236. The van der Waals surface area contributed by atoms with Gasteiger partial charge in [-0.25, -0.2) is 0 Å². The Kier molecular flexibility index (Phi) is 6.02. The van der Waals surface area contributed by atoms with Gasteiger partial charge in [-0.15, -0.1) is 0 Å². The van der Waals surface area contributed by atoms with E-state index in [-0.39, 0.29) is 23.9 Å². The maximum absolute atomic E-state index is 13.2. The zero-order valence-corrected chi connectivity index (χ0v) is 17.5. The monoisotopic (exact) mass is 434 g/mol. The number of rotatable bonds is 5. The van der Waals surface area contributed by atoms with Crippen molar-refractivity contribution in [1.29, 1.82) is 0 Å². The van der Waals surface area contributed by atoms with Crippen LogP contribution in [0, 0.1) is 16.0 Å². The summed E-state index contributed by atoms with van der Waals surface area (Å²) >= 11 is 0. The molecule has 8 heteroatoms. The molecule has 0 saturated carbocycles. The van der Waals surface area contributed by atoms with Crippen molar-refractivity contribution in [3.05, 3.63) is 76.3 Å². The van der Waals surface area contributed by atoms with E-state index in [4.69, 9.17) is 9.47 Å². The van der Waals surface area contributed by atoms with E-state index in [1.807, 2.05) is 36.4 Å². The van der Waals surface area contributed by atoms with E-state index < -0.39 is 16.8 Å². The standard InChI is InChI=1S/C24H22N2O6/c1-31-18-11-12-22(21(14-18)26(29)30)32-24(28)17-8-5-13-25(15-17)23(27)20-10-4-7-16-6-2-3-9-19(16)20/h2-4,6-7,9-12,14,17H,5,8,13,15H2,1H3. The van der Waals surface area contributed by atoms with Gasteiger partial charge in [0.15, 0.2) is 0 Å². The van der Waals surface area contributed by atoms with Crippen molar-refractivity contribution in [3.63, 3.8) is 0 Å². The summed E-state index contributed by atoms with van der Waals surface area (Å²) in [5, 5.41) is 13.2. The van der Waals surface area contributed by atoms with E-state index in [1.54, 1.807) is 11.0 Å². The molecule has 0 radical (unpaired) electrons. The molecule has 0 aromatic heterocycles. The van der Waals surface area contributed by atoms with Gasteiger partial charge in [-0.05, 0) is 41.8 Å². The molecule has 4 rings (SSSR count). The average molecular weight is 434 g/mol. The number of esters is 1. The molecule has 164 valence electrons. The van der Waals surface area contributed by atoms with Gasteiger partial charge in [-0.3, -0.25) is 19.7 Å². The van der Waals surface area contributed by atoms with E-state index in [9.17, 15) is 19.7 Å². The molecule has 0 aliphatic carbocycles. The number of methoxy groups -OCH3 is 1. The number of hydrogen-bond acceptors (Lipinski definition) is 6. The highest BCUT2D eigenvalue weighted by Crippen LogP contribution is 2.32. The highest BCUT2D eigenvalue weighted by atomic mass is 16.6. The predicted octanol–water partition coefficient (Wildman–Crippen LogP) is 4.21. The fraction of sp³-hybridized carbons (Fsp3) is 0.250. The number of fused-ring (bicyclic) bond motifs is 1. The molecular weight excluding hydrogens is 412 g/mol. The van der Waals surface area contributed by atoms with Crippen LogP contribution >= 0.6 is 0 Å². The van der Waals surface area contributed by atoms with Crippen molar-refractivity contribution < 1.29 is 24.0 Å². The van der Waals surface area contributed by atoms with Gasteiger partial charge < -0.3 is 14.4 Å². The molecule has 32 heavy (non-hydrogen) atoms. The molecule has 0 N–H and O–H groups in total. The molecule has 3 aromatic rings. The minimum Gasteiger partial charge on any atom is -0.496 e. The number of hydrogen-bond donors (Lipinski definition) is 0. The second-order valence-electron chi connectivity index (χ2n) is 7.63. The van der Waals surface area contributed by atoms with E-state index in [2.05, 4.69) is 0 Å². The Bertz CT molecular complexity index is 1190. The van der Waals surface area contributed by atoms with Gasteiger partial charge in [-0.1, -0.05) is 36.4 Å². The molecule has 0 spiro atoms. The number of ether oxygens (including phenoxy) is 2. The summed E-state index contributed by atoms with van der Waals surface area (Å²) in [6.45, 7) is 0.735. The Morgan fingerprint density at radius 3 is 2.66 bits per heavy atom. The Morgan fingerprint density at radius 1 is 1.09 bits per heavy atom. The van der Waals surface area contributed by atoms with Crippen LogP contribution in [0.25, 0.3) is 10.8 Å². The number of benzene rings is 3. The highest BCUT2D eigenvalue weighted by molar-refractivity contribution is 6.07. The Hall–Kier alpha value is -3.94. The van der Waals surface area contributed by atoms with Gasteiger partial charge in [0, 0.05) is 18.7 Å². The minimum atomic E-state index is -0.623. The van der Waals surface area contributed by atoms with Crippen LogP contribution in [0.5, 0.6) is 11.5 Å². The fourth-order valence-corrected chi connectivity index (χ4v) is 3.98. The van der Waals surface area contributed by atoms with Crippen molar-refractivity contribution >= 4 is 28.3 Å². The molecule has 0 bridgehead atoms. The molecule has 1 unspecified atom stereocenters. The van der Waals surface area contributed by atoms with Gasteiger partial charge in [0.25, 0.3) is 5.91 Å². The van der Waals surface area contributed by atoms with Gasteiger partial charge >= 0.3 is 11.7 Å². The number of carbonyl (C=O) groups is 2. The number of amides is 1. The molecule has 3 aromatic carbocycles. The fourth-order valence-electron chi connectivity index (χ4n) is 3.98. The smallest absolute Gasteiger partial charge is 0.316 e. The maximum Gasteiger partial charge on any atom is 0.316 e. The molecule has 1 fully saturated rings. The zero-order valence-electron chi connectivity index (χ0n) is 17.5. The molecule has 8 nitrogen and oxygen atoms in total. The van der Waals surface area contributed by atoms with Crippen LogP contribution in [0.3, 0.4) is 0 Å². The minimum absolute atomic E-state index is 0.140. The maximum atomic E-state index is 13.2. The van der Waals surface area contributed by atoms with Crippen molar-refractivity contribution in [1.82, 2.24) is 4.90 Å². The topological polar surface area (TPSA) is 99.0 Å². The zero-order chi connectivity index (χ0) is 22.7. The number of piperidine rings is 1. The lowest BCUT2D eigenvalue weighted by atomic mass is 9.96. The SMILES string of the molecule is COc1ccc(OC(=O)C2CCCN(C(=O)c3cccc4ccccc34)C2)c([N+](=O)[O-])c1. The predicted molar refractivity (Wildman–Crippen MR) is 118 cm³/mol. The van der Waals surface area contributed by atoms with Crippen LogP contribution in [-0.4, -0.2) is 41.9 Å². The first kappa shape index (κ1) is 21.3. The van der Waals surface area contributed by atoms with Crippen molar-refractivity contribution in [2.45, 2.75) is 12.8 Å². The number of nitro benzene ring substituents is 1. The summed E-state index contributed by atoms with van der Waals surface area (Å²) in [6.07, 6.45) is 1.18. The molecule has 1 amide bonds. The first-order chi connectivity index (χ1) is 15.5. The first-order valence-corrected chi connectivity index (χ1v) is 10.3. The van der Waals surface area contributed by atoms with Crippen molar-refractivity contribution in [3.8, 4) is 11.5 Å². The molecule has 1 atom stereocenters. The largest absolute Gasteiger partial charge is 0.496 e. The summed E-state index contributed by atoms with van der Waals surface area (Å²) in [4.78, 5) is 38.4. The number of nitrogens with zero attached hydrogens (tertiary/aromatic N) is 2. The van der Waals surface area contributed by atoms with Crippen LogP contribution < -0.4 is 9.47 Å². The molecule has 1 heterocycles. The van der Waals surface area contributed by atoms with Crippen LogP contribution in [-0.2, 0) is 4.79 Å². The highest BCUT2D eigenvalue weighted by Gasteiger charge is 2.32. The van der Waals surface area contributed by atoms with Gasteiger partial charge in [0.05, 0.1) is 24.0 Å². The lowest BCUT2D eigenvalue weighted by molar-refractivity contribution is -0.385. The summed E-state index contributed by atoms with van der Waals surface area (Å²) in [6, 6.07) is 17.3. The van der Waals surface area contributed by atoms with Gasteiger partial charge in [0.2, 0.25) is 5.75 Å². The Labute approximate surface area is 184 Å². The third-order valence-electron chi connectivity index (χ3n) is 5.64.